The van der Waals surface area contributed by atoms with E-state index in [2.05, 4.69) is 5.32 Å². The van der Waals surface area contributed by atoms with Gasteiger partial charge in [-0.15, -0.1) is 0 Å². The molecule has 0 saturated heterocycles. The third kappa shape index (κ3) is 9.04. The van der Waals surface area contributed by atoms with Crippen LogP contribution in [0.3, 0.4) is 0 Å². The van der Waals surface area contributed by atoms with Crippen LogP contribution in [0.1, 0.15) is 56.9 Å². The van der Waals surface area contributed by atoms with E-state index in [-0.39, 0.29) is 5.91 Å². The first-order valence-corrected chi connectivity index (χ1v) is 20.5. The number of rotatable bonds is 18. The molecule has 0 aliphatic rings. The molecule has 0 atom stereocenters. The monoisotopic (exact) mass is 691 g/mol. The van der Waals surface area contributed by atoms with E-state index in [0.717, 1.165) is 73.5 Å². The van der Waals surface area contributed by atoms with Crippen molar-refractivity contribution < 1.29 is 32.5 Å². The second-order valence-corrected chi connectivity index (χ2v) is 18.5. The first kappa shape index (κ1) is 36.7. The first-order chi connectivity index (χ1) is 23.0. The fourth-order valence-corrected chi connectivity index (χ4v) is 14.9. The van der Waals surface area contributed by atoms with E-state index in [1.54, 1.807) is 0 Å². The Balaban J connectivity index is 1.31. The molecule has 0 spiro atoms. The number of benzene rings is 4. The van der Waals surface area contributed by atoms with Crippen LogP contribution in [0.4, 0.5) is 0 Å². The molecule has 0 heterocycles. The zero-order chi connectivity index (χ0) is 34.5. The van der Waals surface area contributed by atoms with E-state index < -0.39 is 34.2 Å². The average Bonchev–Trinajstić information content (AvgIpc) is 3.08. The van der Waals surface area contributed by atoms with Crippen LogP contribution in [0, 0.1) is 0 Å². The van der Waals surface area contributed by atoms with Gasteiger partial charge in [-0.05, 0) is 23.8 Å². The van der Waals surface area contributed by atoms with Gasteiger partial charge in [0.1, 0.15) is 0 Å². The second-order valence-electron chi connectivity index (χ2n) is 12.1. The van der Waals surface area contributed by atoms with Crippen LogP contribution < -0.4 is 21.2 Å². The molecule has 0 saturated carbocycles. The number of carbonyl (C=O) groups is 1. The van der Waals surface area contributed by atoms with Crippen molar-refractivity contribution >= 4 is 44.8 Å². The van der Waals surface area contributed by atoms with Gasteiger partial charge in [0.2, 0.25) is 0 Å². The van der Waals surface area contributed by atoms with E-state index in [1.807, 2.05) is 91.0 Å². The van der Waals surface area contributed by atoms with Crippen molar-refractivity contribution in [2.45, 2.75) is 51.4 Å². The van der Waals surface area contributed by atoms with Gasteiger partial charge in [0.15, 0.2) is 17.2 Å². The summed E-state index contributed by atoms with van der Waals surface area (Å²) in [6.07, 6.45) is 12.3. The van der Waals surface area contributed by atoms with Crippen LogP contribution in [-0.2, 0) is 18.9 Å². The van der Waals surface area contributed by atoms with Crippen molar-refractivity contribution in [3.05, 3.63) is 115 Å². The molecule has 0 fully saturated rings. The minimum atomic E-state index is -3.93. The Labute approximate surface area is 284 Å². The van der Waals surface area contributed by atoms with E-state index in [9.17, 15) is 28.5 Å². The molecule has 4 aromatic carbocycles. The van der Waals surface area contributed by atoms with E-state index >= 15 is 0 Å². The molecule has 0 radical (unpaired) electrons. The van der Waals surface area contributed by atoms with Crippen LogP contribution in [0.15, 0.2) is 109 Å². The Morgan fingerprint density at radius 1 is 0.688 bits per heavy atom. The minimum absolute atomic E-state index is 0.277. The van der Waals surface area contributed by atoms with Gasteiger partial charge >= 0.3 is 218 Å². The van der Waals surface area contributed by atoms with Gasteiger partial charge in [0.25, 0.3) is 0 Å². The van der Waals surface area contributed by atoms with Crippen LogP contribution in [0.25, 0.3) is 6.08 Å². The van der Waals surface area contributed by atoms with Crippen LogP contribution in [0.2, 0.25) is 0 Å². The molecule has 1 amide bonds. The van der Waals surface area contributed by atoms with E-state index in [1.165, 1.54) is 24.3 Å². The van der Waals surface area contributed by atoms with Gasteiger partial charge in [-0.2, -0.15) is 0 Å². The second kappa shape index (κ2) is 16.8. The van der Waals surface area contributed by atoms with Crippen LogP contribution in [-0.4, -0.2) is 48.6 Å². The molecule has 256 valence electrons. The molecule has 0 aliphatic heterocycles. The van der Waals surface area contributed by atoms with Crippen molar-refractivity contribution in [3.8, 4) is 17.2 Å². The van der Waals surface area contributed by atoms with Crippen LogP contribution in [0.5, 0.6) is 17.2 Å². The predicted molar refractivity (Wildman–Crippen MR) is 196 cm³/mol. The Morgan fingerprint density at radius 3 is 1.54 bits per heavy atom. The molecular formula is C38H46NO7PS. The van der Waals surface area contributed by atoms with Gasteiger partial charge in [0, 0.05) is 6.08 Å². The Kier molecular flexibility index (Phi) is 12.8. The number of hydrogen-bond acceptors (Lipinski definition) is 7. The van der Waals surface area contributed by atoms with Crippen molar-refractivity contribution in [3.63, 3.8) is 0 Å². The van der Waals surface area contributed by atoms with Gasteiger partial charge in [-0.25, -0.2) is 0 Å². The molecule has 0 unspecified atom stereocenters. The average molecular weight is 692 g/mol. The molecule has 4 aromatic rings. The summed E-state index contributed by atoms with van der Waals surface area (Å²) in [5.41, 5.74) is 0.393. The first-order valence-electron chi connectivity index (χ1n) is 16.4. The maximum absolute atomic E-state index is 13.2. The number of phenols is 3. The summed E-state index contributed by atoms with van der Waals surface area (Å²) in [6, 6.07) is 32.1. The van der Waals surface area contributed by atoms with Crippen molar-refractivity contribution in [2.75, 3.05) is 19.0 Å². The normalized spacial score (nSPS) is 12.8. The molecule has 48 heavy (non-hydrogen) atoms. The van der Waals surface area contributed by atoms with Gasteiger partial charge in [-0.3, -0.25) is 4.79 Å². The molecule has 4 N–H and O–H groups in total. The van der Waals surface area contributed by atoms with Crippen LogP contribution >= 0.6 is 6.83 Å². The fraction of sp³-hybridized carbons (Fsp3) is 0.289. The molecule has 0 aromatic heterocycles. The Bertz CT molecular complexity index is 1640. The summed E-state index contributed by atoms with van der Waals surface area (Å²) >= 11 is 0. The predicted octanol–water partition coefficient (Wildman–Crippen LogP) is 6.47. The SMILES string of the molecule is CS(=O)(=O)OP(CCCCCCCCCCNC(=O)/C=C/c1cc(O)c(O)c(O)c1)(c1ccccc1)(c1ccccc1)c1ccccc1. The Hall–Kier alpha value is -4.17. The summed E-state index contributed by atoms with van der Waals surface area (Å²) in [5.74, 6) is -1.79. The molecule has 8 nitrogen and oxygen atoms in total. The number of unbranched alkanes of at least 4 members (excludes halogenated alkanes) is 7. The van der Waals surface area contributed by atoms with Gasteiger partial charge in [-0.1, -0.05) is 0 Å². The molecule has 0 aliphatic carbocycles. The number of nitrogens with one attached hydrogen (secondary N) is 1. The third-order valence-electron chi connectivity index (χ3n) is 8.54. The zero-order valence-electron chi connectivity index (χ0n) is 27.4. The molecular weight excluding hydrogens is 645 g/mol. The summed E-state index contributed by atoms with van der Waals surface area (Å²) in [4.78, 5) is 12.1. The van der Waals surface area contributed by atoms with Crippen molar-refractivity contribution in [1.82, 2.24) is 5.32 Å². The molecule has 4 rings (SSSR count). The third-order valence-corrected chi connectivity index (χ3v) is 16.3. The topological polar surface area (TPSA) is 133 Å². The standard InChI is InChI=1S/C38H46NO7PS/c1-48(44,45)46-47(32-19-11-8-12-20-32,33-21-13-9-14-22-33,34-23-15-10-16-24-34)28-18-7-5-3-2-4-6-17-27-39-37(42)26-25-31-29-35(40)38(43)36(41)30-31/h8-16,19-26,29-30,40-41,43H,2-7,17-18,27-28H2,1H3,(H,39,42)/b26-25+. The quantitative estimate of drug-likeness (QED) is 0.0407. The molecule has 10 heteroatoms. The Morgan fingerprint density at radius 2 is 1.10 bits per heavy atom. The summed E-state index contributed by atoms with van der Waals surface area (Å²) in [5, 5.41) is 34.1. The summed E-state index contributed by atoms with van der Waals surface area (Å²) < 4.78 is 32.9. The molecule has 0 bridgehead atoms. The van der Waals surface area contributed by atoms with E-state index in [4.69, 9.17) is 3.97 Å². The van der Waals surface area contributed by atoms with Gasteiger partial charge in [0.05, 0.1) is 0 Å². The van der Waals surface area contributed by atoms with Crippen molar-refractivity contribution in [1.29, 1.82) is 0 Å². The number of hydrogen-bond donors (Lipinski definition) is 4. The number of phenolic OH excluding ortho intramolecular Hbond substituents is 3. The number of aromatic hydroxyl groups is 3. The zero-order valence-corrected chi connectivity index (χ0v) is 29.1. The number of amides is 1. The fourth-order valence-electron chi connectivity index (χ4n) is 6.29. The van der Waals surface area contributed by atoms with Gasteiger partial charge < -0.3 is 15.3 Å². The summed E-state index contributed by atoms with van der Waals surface area (Å²) in [7, 11) is -3.87. The summed E-state index contributed by atoms with van der Waals surface area (Å²) in [6.45, 7) is -3.38. The number of carbonyl (C=O) groups excluding carboxylic acids is 1. The maximum atomic E-state index is 13.2. The van der Waals surface area contributed by atoms with E-state index in [0.29, 0.717) is 18.3 Å². The van der Waals surface area contributed by atoms with Crippen molar-refractivity contribution in [2.24, 2.45) is 0 Å².